The number of benzene rings is 8. The largest absolute Gasteiger partial charge is 0.344 e. The molecule has 0 spiro atoms. The molecule has 298 valence electrons. The third-order valence-corrected chi connectivity index (χ3v) is 12.4. The summed E-state index contributed by atoms with van der Waals surface area (Å²) in [5, 5.41) is 5.28. The Bertz CT molecular complexity index is 2990. The Hall–Kier alpha value is -6.64. The normalized spacial score (nSPS) is 12.2. The zero-order valence-electron chi connectivity index (χ0n) is 36.4. The molecule has 0 atom stereocenters. The summed E-state index contributed by atoms with van der Waals surface area (Å²) in [6.07, 6.45) is 1.14. The Morgan fingerprint density at radius 2 is 0.883 bits per heavy atom. The second-order valence-electron chi connectivity index (χ2n) is 16.2. The number of nitrogens with zero attached hydrogens (tertiary/aromatic N) is 2. The molecule has 8 aromatic carbocycles. The molecule has 2 heterocycles. The first-order valence-corrected chi connectivity index (χ1v) is 21.6. The van der Waals surface area contributed by atoms with Crippen molar-refractivity contribution in [2.24, 2.45) is 7.05 Å². The maximum Gasteiger partial charge on any atom is 0.0541 e. The van der Waals surface area contributed by atoms with Crippen LogP contribution in [0.25, 0.3) is 71.6 Å². The maximum absolute atomic E-state index is 2.43. The van der Waals surface area contributed by atoms with Crippen molar-refractivity contribution in [1.29, 1.82) is 0 Å². The first-order chi connectivity index (χ1) is 29.3. The van der Waals surface area contributed by atoms with Crippen molar-refractivity contribution in [3.63, 3.8) is 0 Å². The van der Waals surface area contributed by atoms with E-state index >= 15 is 0 Å². The Morgan fingerprint density at radius 3 is 1.42 bits per heavy atom. The van der Waals surface area contributed by atoms with E-state index in [1.54, 1.807) is 0 Å². The van der Waals surface area contributed by atoms with Crippen LogP contribution in [0.3, 0.4) is 0 Å². The fourth-order valence-electron chi connectivity index (χ4n) is 9.21. The Labute approximate surface area is 356 Å². The monoisotopic (exact) mass is 780 g/mol. The summed E-state index contributed by atoms with van der Waals surface area (Å²) < 4.78 is 4.67. The van der Waals surface area contributed by atoms with Crippen LogP contribution in [0.15, 0.2) is 182 Å². The molecule has 0 N–H and O–H groups in total. The number of hydrogen-bond donors (Lipinski definition) is 0. The van der Waals surface area contributed by atoms with Gasteiger partial charge in [0.15, 0.2) is 0 Å². The van der Waals surface area contributed by atoms with E-state index in [0.29, 0.717) is 0 Å². The van der Waals surface area contributed by atoms with Crippen molar-refractivity contribution in [2.45, 2.75) is 60.3 Å². The minimum atomic E-state index is -0.0611. The highest BCUT2D eigenvalue weighted by molar-refractivity contribution is 6.09. The zero-order valence-corrected chi connectivity index (χ0v) is 36.4. The van der Waals surface area contributed by atoms with Crippen LogP contribution in [0.5, 0.6) is 0 Å². The van der Waals surface area contributed by atoms with E-state index in [9.17, 15) is 0 Å². The first-order valence-electron chi connectivity index (χ1n) is 21.6. The molecule has 60 heavy (non-hydrogen) atoms. The van der Waals surface area contributed by atoms with E-state index in [1.807, 2.05) is 19.9 Å². The lowest BCUT2D eigenvalue weighted by Crippen LogP contribution is -2.15. The smallest absolute Gasteiger partial charge is 0.0541 e. The molecule has 0 saturated heterocycles. The number of fused-ring (bicyclic) bond motifs is 9. The predicted octanol–water partition coefficient (Wildman–Crippen LogP) is 16.0. The van der Waals surface area contributed by atoms with Gasteiger partial charge in [0, 0.05) is 50.7 Å². The van der Waals surface area contributed by atoms with Crippen molar-refractivity contribution in [1.82, 2.24) is 9.13 Å². The fourth-order valence-corrected chi connectivity index (χ4v) is 9.21. The van der Waals surface area contributed by atoms with Crippen molar-refractivity contribution < 1.29 is 0 Å². The number of aryl methyl sites for hydroxylation is 4. The molecule has 2 nitrogen and oxygen atoms in total. The van der Waals surface area contributed by atoms with Gasteiger partial charge in [-0.1, -0.05) is 174 Å². The summed E-state index contributed by atoms with van der Waals surface area (Å²) in [4.78, 5) is 0. The number of rotatable bonds is 3. The molecule has 0 fully saturated rings. The number of para-hydroxylation sites is 4. The quantitative estimate of drug-likeness (QED) is 0.169. The molecule has 2 aromatic heterocycles. The molecule has 2 heteroatoms. The molecule has 11 rings (SSSR count). The standard InChI is InChI=1S/C35H29N.C13H11N.C8H10.C2H6/c1-22-11-5-6-12-25(22)29-21-30-26-18-17-24(20-32(26)35(3,4)31(30)19-23(29)2)36-33-15-9-7-13-27(33)28-14-8-10-16-34(28)36;1-14-12-8-4-2-6-10(12)11-7-3-5-9-13(11)14;1-2-8-6-4-3-5-7-8;1-2/h5-21H,1-4H3;2-9H,1H3;3-7H,2H2,1H3;1-2H3. The highest BCUT2D eigenvalue weighted by atomic mass is 15.0. The molecule has 0 unspecified atom stereocenters. The molecule has 1 aliphatic carbocycles. The number of hydrogen-bond acceptors (Lipinski definition) is 0. The van der Waals surface area contributed by atoms with Crippen LogP contribution in [0, 0.1) is 13.8 Å². The van der Waals surface area contributed by atoms with E-state index < -0.39 is 0 Å². The van der Waals surface area contributed by atoms with Crippen LogP contribution in [-0.2, 0) is 18.9 Å². The van der Waals surface area contributed by atoms with Crippen LogP contribution in [0.2, 0.25) is 0 Å². The average molecular weight is 781 g/mol. The summed E-state index contributed by atoms with van der Waals surface area (Å²) >= 11 is 0. The van der Waals surface area contributed by atoms with Gasteiger partial charge in [0.25, 0.3) is 0 Å². The van der Waals surface area contributed by atoms with Crippen LogP contribution < -0.4 is 0 Å². The molecular weight excluding hydrogens is 725 g/mol. The van der Waals surface area contributed by atoms with Gasteiger partial charge >= 0.3 is 0 Å². The summed E-state index contributed by atoms with van der Waals surface area (Å²) in [7, 11) is 2.12. The fraction of sp³-hybridized carbons (Fsp3) is 0.172. The highest BCUT2D eigenvalue weighted by Crippen LogP contribution is 2.51. The molecule has 10 aromatic rings. The molecule has 0 amide bonds. The van der Waals surface area contributed by atoms with Crippen molar-refractivity contribution in [3.8, 4) is 27.9 Å². The van der Waals surface area contributed by atoms with Gasteiger partial charge in [-0.2, -0.15) is 0 Å². The summed E-state index contributed by atoms with van der Waals surface area (Å²) in [5.74, 6) is 0. The van der Waals surface area contributed by atoms with Crippen molar-refractivity contribution in [2.75, 3.05) is 0 Å². The topological polar surface area (TPSA) is 9.86 Å². The van der Waals surface area contributed by atoms with Gasteiger partial charge in [-0.15, -0.1) is 0 Å². The van der Waals surface area contributed by atoms with E-state index in [2.05, 4.69) is 227 Å². The van der Waals surface area contributed by atoms with Crippen LogP contribution >= 0.6 is 0 Å². The van der Waals surface area contributed by atoms with Gasteiger partial charge in [-0.3, -0.25) is 0 Å². The lowest BCUT2D eigenvalue weighted by molar-refractivity contribution is 0.659. The SMILES string of the molecule is CC.CCc1ccccc1.Cc1ccccc1-c1cc2c(cc1C)C(C)(C)c1cc(-n3c4ccccc4c4ccccc43)ccc1-2.Cn1c2ccccc2c2ccccc21. The molecule has 0 saturated carbocycles. The molecule has 0 aliphatic heterocycles. The zero-order chi connectivity index (χ0) is 42.0. The van der Waals surface area contributed by atoms with E-state index in [1.165, 1.54) is 99.4 Å². The van der Waals surface area contributed by atoms with Crippen molar-refractivity contribution >= 4 is 43.6 Å². The molecule has 1 aliphatic rings. The average Bonchev–Trinajstić information content (AvgIpc) is 3.87. The Balaban J connectivity index is 0.000000169. The van der Waals surface area contributed by atoms with Gasteiger partial charge in [-0.05, 0) is 113 Å². The van der Waals surface area contributed by atoms with Gasteiger partial charge in [0.05, 0.1) is 11.0 Å². The summed E-state index contributed by atoms with van der Waals surface area (Å²) in [5.41, 5.74) is 18.5. The minimum absolute atomic E-state index is 0.0611. The second-order valence-corrected chi connectivity index (χ2v) is 16.2. The van der Waals surface area contributed by atoms with Gasteiger partial charge in [0.2, 0.25) is 0 Å². The van der Waals surface area contributed by atoms with Crippen LogP contribution in [-0.4, -0.2) is 9.13 Å². The third kappa shape index (κ3) is 7.11. The molecular formula is C58H56N2. The molecule has 0 radical (unpaired) electrons. The van der Waals surface area contributed by atoms with Crippen LogP contribution in [0.1, 0.15) is 62.4 Å². The second kappa shape index (κ2) is 16.9. The van der Waals surface area contributed by atoms with E-state index in [4.69, 9.17) is 0 Å². The third-order valence-electron chi connectivity index (χ3n) is 12.4. The Kier molecular flexibility index (Phi) is 11.3. The first kappa shape index (κ1) is 40.2. The Morgan fingerprint density at radius 1 is 0.417 bits per heavy atom. The minimum Gasteiger partial charge on any atom is -0.344 e. The lowest BCUT2D eigenvalue weighted by Gasteiger charge is -2.23. The highest BCUT2D eigenvalue weighted by Gasteiger charge is 2.36. The van der Waals surface area contributed by atoms with E-state index in [-0.39, 0.29) is 5.41 Å². The summed E-state index contributed by atoms with van der Waals surface area (Å²) in [6.45, 7) is 15.4. The molecule has 0 bridgehead atoms. The van der Waals surface area contributed by atoms with Gasteiger partial charge < -0.3 is 9.13 Å². The lowest BCUT2D eigenvalue weighted by atomic mass is 9.81. The maximum atomic E-state index is 2.43. The van der Waals surface area contributed by atoms with Gasteiger partial charge in [-0.25, -0.2) is 0 Å². The van der Waals surface area contributed by atoms with E-state index in [0.717, 1.165) is 6.42 Å². The summed E-state index contributed by atoms with van der Waals surface area (Å²) in [6, 6.07) is 65.6. The van der Waals surface area contributed by atoms with Crippen LogP contribution in [0.4, 0.5) is 0 Å². The number of aromatic nitrogens is 2. The van der Waals surface area contributed by atoms with Gasteiger partial charge in [0.1, 0.15) is 0 Å². The van der Waals surface area contributed by atoms with Crippen molar-refractivity contribution in [3.05, 3.63) is 210 Å². The predicted molar refractivity (Wildman–Crippen MR) is 261 cm³/mol.